The molecule has 0 aliphatic carbocycles. The highest BCUT2D eigenvalue weighted by atomic mass is 35.5. The molecule has 1 aliphatic rings. The van der Waals surface area contributed by atoms with Crippen molar-refractivity contribution in [2.45, 2.75) is 37.1 Å². The molecule has 2 atom stereocenters. The zero-order valence-electron chi connectivity index (χ0n) is 28.5. The van der Waals surface area contributed by atoms with E-state index in [9.17, 15) is 18.1 Å². The molecule has 0 radical (unpaired) electrons. The highest BCUT2D eigenvalue weighted by Gasteiger charge is 2.48. The Bertz CT molecular complexity index is 2080. The van der Waals surface area contributed by atoms with E-state index in [1.807, 2.05) is 91.0 Å². The van der Waals surface area contributed by atoms with E-state index in [-0.39, 0.29) is 36.9 Å². The fourth-order valence-electron chi connectivity index (χ4n) is 5.52. The van der Waals surface area contributed by atoms with Crippen LogP contribution < -0.4 is 5.14 Å². The predicted molar refractivity (Wildman–Crippen MR) is 198 cm³/mol. The van der Waals surface area contributed by atoms with Crippen molar-refractivity contribution in [1.82, 2.24) is 5.16 Å². The summed E-state index contributed by atoms with van der Waals surface area (Å²) in [6.45, 7) is 3.84. The topological polar surface area (TPSA) is 173 Å². The van der Waals surface area contributed by atoms with Crippen LogP contribution in [0.5, 0.6) is 0 Å². The van der Waals surface area contributed by atoms with Gasteiger partial charge in [-0.15, -0.1) is 11.6 Å². The maximum atomic E-state index is 12.6. The number of hydrogen-bond donors (Lipinski definition) is 2. The third-order valence-electron chi connectivity index (χ3n) is 7.84. The number of hydrogen-bond acceptors (Lipinski definition) is 11. The smallest absolute Gasteiger partial charge is 0.356 e. The number of oxime groups is 1. The molecule has 1 aliphatic heterocycles. The van der Waals surface area contributed by atoms with Gasteiger partial charge in [-0.2, -0.15) is 0 Å². The Labute approximate surface area is 307 Å². The standard InChI is InChI=1S/C21H25N2O7PS.C16H14ClNO2/c1-3-28-31(24,29-4-2)15-27-14-19-20(16-10-12-18(13-11-16)32(22,25)26)21(23-30-19)17-8-6-5-7-9-17;17-11-16(19)14(12-7-3-1-4-8-12)15(18-20-16)13-9-5-2-6-10-13/h5-13H,3-4,14-15H2,1-2H3,(H2,22,25,26);1-10,14,19H,11H2. The summed E-state index contributed by atoms with van der Waals surface area (Å²) in [5.74, 6) is -1.57. The summed E-state index contributed by atoms with van der Waals surface area (Å²) in [5, 5.41) is 24.0. The molecule has 5 aromatic rings. The second-order valence-corrected chi connectivity index (χ2v) is 15.3. The number of alkyl halides is 1. The third kappa shape index (κ3) is 9.43. The zero-order chi connectivity index (χ0) is 37.2. The van der Waals surface area contributed by atoms with Crippen molar-refractivity contribution in [2.24, 2.45) is 10.3 Å². The number of nitrogens with zero attached hydrogens (tertiary/aromatic N) is 2. The van der Waals surface area contributed by atoms with Crippen molar-refractivity contribution < 1.29 is 41.2 Å². The molecule has 2 unspecified atom stereocenters. The highest BCUT2D eigenvalue weighted by molar-refractivity contribution is 7.89. The van der Waals surface area contributed by atoms with Crippen molar-refractivity contribution in [2.75, 3.05) is 25.4 Å². The SMILES string of the molecule is CCOP(=O)(COCc1onc(-c2ccccc2)c1-c1ccc(S(N)(=O)=O)cc1)OCC.OC1(CCl)ON=C(c2ccccc2)C1c1ccccc1. The minimum atomic E-state index is -3.82. The number of nitrogens with two attached hydrogens (primary N) is 1. The van der Waals surface area contributed by atoms with E-state index < -0.39 is 29.3 Å². The van der Waals surface area contributed by atoms with Gasteiger partial charge in [0.05, 0.1) is 35.5 Å². The average Bonchev–Trinajstić information content (AvgIpc) is 3.74. The third-order valence-corrected chi connectivity index (χ3v) is 11.0. The van der Waals surface area contributed by atoms with Gasteiger partial charge in [-0.3, -0.25) is 4.57 Å². The van der Waals surface area contributed by atoms with Crippen LogP contribution in [0.15, 0.2) is 130 Å². The monoisotopic (exact) mass is 767 g/mol. The van der Waals surface area contributed by atoms with E-state index in [4.69, 9.17) is 39.9 Å². The maximum Gasteiger partial charge on any atom is 0.356 e. The second kappa shape index (κ2) is 17.6. The van der Waals surface area contributed by atoms with Gasteiger partial charge in [-0.25, -0.2) is 13.6 Å². The van der Waals surface area contributed by atoms with Crippen LogP contribution in [0.2, 0.25) is 0 Å². The molecule has 0 spiro atoms. The van der Waals surface area contributed by atoms with E-state index in [1.165, 1.54) is 12.1 Å². The second-order valence-electron chi connectivity index (χ2n) is 11.4. The molecule has 3 N–H and O–H groups in total. The van der Waals surface area contributed by atoms with Gasteiger partial charge in [0, 0.05) is 11.1 Å². The molecule has 274 valence electrons. The van der Waals surface area contributed by atoms with Crippen molar-refractivity contribution in [3.63, 3.8) is 0 Å². The van der Waals surface area contributed by atoms with Crippen LogP contribution in [0.4, 0.5) is 0 Å². The Kier molecular flexibility index (Phi) is 13.2. The van der Waals surface area contributed by atoms with Crippen LogP contribution in [-0.4, -0.2) is 55.6 Å². The number of benzene rings is 4. The van der Waals surface area contributed by atoms with Gasteiger partial charge >= 0.3 is 7.60 Å². The molecule has 4 aromatic carbocycles. The van der Waals surface area contributed by atoms with Crippen LogP contribution in [-0.2, 0) is 39.8 Å². The number of primary sulfonamides is 1. The van der Waals surface area contributed by atoms with Crippen LogP contribution in [0.25, 0.3) is 22.4 Å². The first-order chi connectivity index (χ1) is 25.0. The number of aliphatic hydroxyl groups is 1. The molecule has 6 rings (SSSR count). The Morgan fingerprint density at radius 2 is 1.40 bits per heavy atom. The Morgan fingerprint density at radius 1 is 0.846 bits per heavy atom. The summed E-state index contributed by atoms with van der Waals surface area (Å²) >= 11 is 5.90. The Hall–Kier alpha value is -4.17. The van der Waals surface area contributed by atoms with Crippen molar-refractivity contribution in [3.05, 3.63) is 132 Å². The number of halogens is 1. The van der Waals surface area contributed by atoms with Crippen LogP contribution >= 0.6 is 19.2 Å². The van der Waals surface area contributed by atoms with E-state index in [0.29, 0.717) is 28.3 Å². The van der Waals surface area contributed by atoms with Gasteiger partial charge in [-0.1, -0.05) is 113 Å². The van der Waals surface area contributed by atoms with Gasteiger partial charge in [0.15, 0.2) is 5.76 Å². The summed E-state index contributed by atoms with van der Waals surface area (Å²) in [4.78, 5) is 5.23. The van der Waals surface area contributed by atoms with Gasteiger partial charge in [-0.05, 0) is 37.1 Å². The summed E-state index contributed by atoms with van der Waals surface area (Å²) in [5.41, 5.74) is 5.19. The zero-order valence-corrected chi connectivity index (χ0v) is 31.0. The molecule has 12 nitrogen and oxygen atoms in total. The summed E-state index contributed by atoms with van der Waals surface area (Å²) < 4.78 is 57.5. The molecule has 52 heavy (non-hydrogen) atoms. The molecule has 0 amide bonds. The van der Waals surface area contributed by atoms with Crippen molar-refractivity contribution in [3.8, 4) is 22.4 Å². The minimum Gasteiger partial charge on any atom is -0.361 e. The molecular weight excluding hydrogens is 729 g/mol. The first-order valence-corrected chi connectivity index (χ1v) is 20.1. The molecule has 0 saturated heterocycles. The van der Waals surface area contributed by atoms with Gasteiger partial charge in [0.1, 0.15) is 24.4 Å². The van der Waals surface area contributed by atoms with Crippen LogP contribution in [0.3, 0.4) is 0 Å². The molecular formula is C37H39ClN3O9PS. The molecule has 2 heterocycles. The number of sulfonamides is 1. The quantitative estimate of drug-likeness (QED) is 0.0850. The fraction of sp³-hybridized carbons (Fsp3) is 0.243. The van der Waals surface area contributed by atoms with E-state index in [2.05, 4.69) is 10.3 Å². The first kappa shape index (κ1) is 39.0. The molecule has 15 heteroatoms. The predicted octanol–water partition coefficient (Wildman–Crippen LogP) is 7.53. The molecule has 1 aromatic heterocycles. The number of aromatic nitrogens is 1. The number of ether oxygens (including phenoxy) is 1. The summed E-state index contributed by atoms with van der Waals surface area (Å²) in [7, 11) is -7.21. The summed E-state index contributed by atoms with van der Waals surface area (Å²) in [6, 6.07) is 34.8. The van der Waals surface area contributed by atoms with E-state index in [1.54, 1.807) is 26.0 Å². The Balaban J connectivity index is 0.000000223. The Morgan fingerprint density at radius 3 is 1.94 bits per heavy atom. The van der Waals surface area contributed by atoms with Crippen LogP contribution in [0, 0.1) is 0 Å². The largest absolute Gasteiger partial charge is 0.361 e. The lowest BCUT2D eigenvalue weighted by Crippen LogP contribution is -2.39. The minimum absolute atomic E-state index is 0.00821. The summed E-state index contributed by atoms with van der Waals surface area (Å²) in [6.07, 6.45) is -0.250. The van der Waals surface area contributed by atoms with E-state index >= 15 is 0 Å². The fourth-order valence-corrected chi connectivity index (χ4v) is 7.56. The lowest BCUT2D eigenvalue weighted by molar-refractivity contribution is -0.176. The first-order valence-electron chi connectivity index (χ1n) is 16.3. The highest BCUT2D eigenvalue weighted by Crippen LogP contribution is 2.48. The number of rotatable bonds is 14. The van der Waals surface area contributed by atoms with Gasteiger partial charge < -0.3 is 28.3 Å². The lowest BCUT2D eigenvalue weighted by Gasteiger charge is -2.26. The maximum absolute atomic E-state index is 12.6. The normalized spacial score (nSPS) is 17.2. The van der Waals surface area contributed by atoms with Gasteiger partial charge in [0.2, 0.25) is 10.0 Å². The average molecular weight is 768 g/mol. The van der Waals surface area contributed by atoms with Crippen LogP contribution in [0.1, 0.15) is 36.7 Å². The van der Waals surface area contributed by atoms with Crippen molar-refractivity contribution in [1.29, 1.82) is 0 Å². The van der Waals surface area contributed by atoms with E-state index in [0.717, 1.165) is 16.7 Å². The lowest BCUT2D eigenvalue weighted by atomic mass is 9.84. The molecule has 0 fully saturated rings. The van der Waals surface area contributed by atoms with Crippen molar-refractivity contribution >= 4 is 34.9 Å². The van der Waals surface area contributed by atoms with Gasteiger partial charge in [0.25, 0.3) is 5.79 Å². The molecule has 0 saturated carbocycles. The molecule has 0 bridgehead atoms.